The van der Waals surface area contributed by atoms with Crippen LogP contribution >= 0.6 is 0 Å². The second-order valence-electron chi connectivity index (χ2n) is 8.90. The van der Waals surface area contributed by atoms with Crippen LogP contribution in [0.2, 0.25) is 0 Å². The minimum atomic E-state index is -0.360. The van der Waals surface area contributed by atoms with E-state index in [0.29, 0.717) is 19.6 Å². The van der Waals surface area contributed by atoms with Crippen molar-refractivity contribution >= 4 is 11.8 Å². The zero-order chi connectivity index (χ0) is 24.2. The maximum absolute atomic E-state index is 13.0. The summed E-state index contributed by atoms with van der Waals surface area (Å²) in [6, 6.07) is 21.8. The molecule has 1 aliphatic heterocycles. The van der Waals surface area contributed by atoms with Gasteiger partial charge in [0.2, 0.25) is 11.8 Å². The lowest BCUT2D eigenvalue weighted by Crippen LogP contribution is -2.32. The molecule has 2 aromatic heterocycles. The number of rotatable bonds is 7. The number of amides is 2. The fourth-order valence-corrected chi connectivity index (χ4v) is 4.35. The van der Waals surface area contributed by atoms with Crippen molar-refractivity contribution in [1.82, 2.24) is 25.0 Å². The number of aromatic nitrogens is 3. The molecule has 2 aromatic carbocycles. The van der Waals surface area contributed by atoms with Crippen LogP contribution in [-0.4, -0.2) is 38.0 Å². The first kappa shape index (κ1) is 22.5. The number of hydrogen-bond donors (Lipinski definition) is 1. The quantitative estimate of drug-likeness (QED) is 0.449. The molecule has 1 saturated heterocycles. The van der Waals surface area contributed by atoms with Crippen LogP contribution in [-0.2, 0) is 22.7 Å². The van der Waals surface area contributed by atoms with Crippen LogP contribution in [0.4, 0.5) is 0 Å². The van der Waals surface area contributed by atoms with E-state index in [4.69, 9.17) is 5.10 Å². The molecule has 0 saturated carbocycles. The number of likely N-dealkylation sites (tertiary alicyclic amines) is 1. The van der Waals surface area contributed by atoms with Gasteiger partial charge in [0.1, 0.15) is 0 Å². The Labute approximate surface area is 204 Å². The molecule has 1 aliphatic rings. The van der Waals surface area contributed by atoms with Crippen molar-refractivity contribution in [3.63, 3.8) is 0 Å². The molecule has 3 heterocycles. The van der Waals surface area contributed by atoms with E-state index in [-0.39, 0.29) is 24.2 Å². The van der Waals surface area contributed by atoms with Crippen LogP contribution in [0.25, 0.3) is 16.9 Å². The van der Waals surface area contributed by atoms with Crippen LogP contribution < -0.4 is 5.32 Å². The number of pyridine rings is 1. The second-order valence-corrected chi connectivity index (χ2v) is 8.90. The van der Waals surface area contributed by atoms with E-state index >= 15 is 0 Å². The van der Waals surface area contributed by atoms with Gasteiger partial charge in [0.25, 0.3) is 0 Å². The minimum Gasteiger partial charge on any atom is -0.352 e. The van der Waals surface area contributed by atoms with Gasteiger partial charge in [0.15, 0.2) is 0 Å². The van der Waals surface area contributed by atoms with Crippen LogP contribution in [0.5, 0.6) is 0 Å². The molecule has 1 fully saturated rings. The molecule has 0 bridgehead atoms. The molecule has 5 rings (SSSR count). The molecule has 1 unspecified atom stereocenters. The average molecular weight is 466 g/mol. The van der Waals surface area contributed by atoms with Gasteiger partial charge in [-0.25, -0.2) is 4.68 Å². The number of carbonyl (C=O) groups is 2. The molecular weight excluding hydrogens is 438 g/mol. The van der Waals surface area contributed by atoms with Crippen molar-refractivity contribution in [2.24, 2.45) is 5.92 Å². The standard InChI is InChI=1S/C28H27N5O2/c1-20-7-9-21(10-8-20)17-32-18-23(15-26(32)34)28(35)30-16-24-19-33(25-5-3-2-4-6-25)31-27(24)22-11-13-29-14-12-22/h2-14,19,23H,15-18H2,1H3,(H,30,35). The minimum absolute atomic E-state index is 0.0140. The van der Waals surface area contributed by atoms with Gasteiger partial charge >= 0.3 is 0 Å². The number of aryl methyl sites for hydroxylation is 1. The Bertz CT molecular complexity index is 1320. The molecule has 35 heavy (non-hydrogen) atoms. The topological polar surface area (TPSA) is 80.1 Å². The highest BCUT2D eigenvalue weighted by Crippen LogP contribution is 2.24. The van der Waals surface area contributed by atoms with E-state index < -0.39 is 0 Å². The van der Waals surface area contributed by atoms with Crippen LogP contribution in [0.1, 0.15) is 23.1 Å². The van der Waals surface area contributed by atoms with Crippen molar-refractivity contribution in [2.45, 2.75) is 26.4 Å². The largest absolute Gasteiger partial charge is 0.352 e. The second kappa shape index (κ2) is 9.93. The molecule has 4 aromatic rings. The lowest BCUT2D eigenvalue weighted by Gasteiger charge is -2.17. The first-order chi connectivity index (χ1) is 17.1. The lowest BCUT2D eigenvalue weighted by molar-refractivity contribution is -0.129. The van der Waals surface area contributed by atoms with Crippen LogP contribution in [0.15, 0.2) is 85.3 Å². The number of nitrogens with zero attached hydrogens (tertiary/aromatic N) is 4. The summed E-state index contributed by atoms with van der Waals surface area (Å²) >= 11 is 0. The fourth-order valence-electron chi connectivity index (χ4n) is 4.35. The predicted molar refractivity (Wildman–Crippen MR) is 133 cm³/mol. The van der Waals surface area contributed by atoms with Gasteiger partial charge in [0.05, 0.1) is 17.3 Å². The monoisotopic (exact) mass is 465 g/mol. The van der Waals surface area contributed by atoms with Crippen LogP contribution in [0, 0.1) is 12.8 Å². The first-order valence-electron chi connectivity index (χ1n) is 11.7. The summed E-state index contributed by atoms with van der Waals surface area (Å²) in [4.78, 5) is 31.4. The Hall–Kier alpha value is -4.26. The van der Waals surface area contributed by atoms with E-state index in [0.717, 1.165) is 28.1 Å². The average Bonchev–Trinajstić information content (AvgIpc) is 3.49. The third kappa shape index (κ3) is 5.14. The normalized spacial score (nSPS) is 15.4. The lowest BCUT2D eigenvalue weighted by atomic mass is 10.1. The van der Waals surface area contributed by atoms with E-state index in [1.807, 2.05) is 84.5 Å². The van der Waals surface area contributed by atoms with Crippen molar-refractivity contribution < 1.29 is 9.59 Å². The summed E-state index contributed by atoms with van der Waals surface area (Å²) in [6.07, 6.45) is 5.63. The third-order valence-electron chi connectivity index (χ3n) is 6.30. The number of carbonyl (C=O) groups excluding carboxylic acids is 2. The zero-order valence-electron chi connectivity index (χ0n) is 19.6. The fraction of sp³-hybridized carbons (Fsp3) is 0.214. The molecule has 7 nitrogen and oxygen atoms in total. The van der Waals surface area contributed by atoms with Gasteiger partial charge in [-0.2, -0.15) is 5.10 Å². The summed E-state index contributed by atoms with van der Waals surface area (Å²) in [5, 5.41) is 7.82. The molecule has 0 spiro atoms. The molecular formula is C28H27N5O2. The number of hydrogen-bond acceptors (Lipinski definition) is 4. The summed E-state index contributed by atoms with van der Waals surface area (Å²) in [6.45, 7) is 3.32. The van der Waals surface area contributed by atoms with Crippen molar-refractivity contribution in [3.8, 4) is 16.9 Å². The number of benzene rings is 2. The Morgan fingerprint density at radius 3 is 2.51 bits per heavy atom. The highest BCUT2D eigenvalue weighted by Gasteiger charge is 2.34. The summed E-state index contributed by atoms with van der Waals surface area (Å²) < 4.78 is 1.82. The summed E-state index contributed by atoms with van der Waals surface area (Å²) in [5.41, 5.74) is 5.81. The molecule has 0 radical (unpaired) electrons. The van der Waals surface area contributed by atoms with Crippen LogP contribution in [0.3, 0.4) is 0 Å². The molecule has 1 atom stereocenters. The third-order valence-corrected chi connectivity index (χ3v) is 6.30. The SMILES string of the molecule is Cc1ccc(CN2CC(C(=O)NCc3cn(-c4ccccc4)nc3-c3ccncc3)CC2=O)cc1. The highest BCUT2D eigenvalue weighted by molar-refractivity contribution is 5.89. The van der Waals surface area contributed by atoms with E-state index in [1.54, 1.807) is 17.3 Å². The number of nitrogens with one attached hydrogen (secondary N) is 1. The molecule has 7 heteroatoms. The van der Waals surface area contributed by atoms with Gasteiger partial charge < -0.3 is 10.2 Å². The number of para-hydroxylation sites is 1. The van der Waals surface area contributed by atoms with Gasteiger partial charge in [-0.1, -0.05) is 48.0 Å². The Kier molecular flexibility index (Phi) is 6.39. The Morgan fingerprint density at radius 1 is 1.03 bits per heavy atom. The van der Waals surface area contributed by atoms with Gasteiger partial charge in [0, 0.05) is 55.8 Å². The predicted octanol–water partition coefficient (Wildman–Crippen LogP) is 3.91. The molecule has 0 aliphatic carbocycles. The van der Waals surface area contributed by atoms with Gasteiger partial charge in [-0.3, -0.25) is 14.6 Å². The molecule has 1 N–H and O–H groups in total. The Morgan fingerprint density at radius 2 is 1.77 bits per heavy atom. The first-order valence-corrected chi connectivity index (χ1v) is 11.7. The smallest absolute Gasteiger partial charge is 0.225 e. The Balaban J connectivity index is 1.28. The molecule has 176 valence electrons. The van der Waals surface area contributed by atoms with Crippen molar-refractivity contribution in [3.05, 3.63) is 102 Å². The maximum Gasteiger partial charge on any atom is 0.225 e. The van der Waals surface area contributed by atoms with E-state index in [2.05, 4.69) is 10.3 Å². The van der Waals surface area contributed by atoms with Crippen molar-refractivity contribution in [1.29, 1.82) is 0 Å². The van der Waals surface area contributed by atoms with Crippen molar-refractivity contribution in [2.75, 3.05) is 6.54 Å². The van der Waals surface area contributed by atoms with E-state index in [9.17, 15) is 9.59 Å². The molecule has 2 amide bonds. The van der Waals surface area contributed by atoms with Gasteiger partial charge in [-0.15, -0.1) is 0 Å². The van der Waals surface area contributed by atoms with Gasteiger partial charge in [-0.05, 0) is 36.8 Å². The maximum atomic E-state index is 13.0. The van der Waals surface area contributed by atoms with E-state index in [1.165, 1.54) is 5.56 Å². The summed E-state index contributed by atoms with van der Waals surface area (Å²) in [5.74, 6) is -0.459. The summed E-state index contributed by atoms with van der Waals surface area (Å²) in [7, 11) is 0. The highest BCUT2D eigenvalue weighted by atomic mass is 16.2. The zero-order valence-corrected chi connectivity index (χ0v) is 19.6.